The molecule has 4 aromatic rings. The van der Waals surface area contributed by atoms with Crippen LogP contribution in [0.2, 0.25) is 10.0 Å². The number of halogens is 3. The van der Waals surface area contributed by atoms with Crippen LogP contribution in [-0.4, -0.2) is 23.0 Å². The highest BCUT2D eigenvalue weighted by Crippen LogP contribution is 2.33. The fourth-order valence-corrected chi connectivity index (χ4v) is 4.15. The number of phenols is 1. The number of furan rings is 1. The summed E-state index contributed by atoms with van der Waals surface area (Å²) in [4.78, 5) is 14.3. The zero-order chi connectivity index (χ0) is 22.1. The number of fused-ring (bicyclic) bond motifs is 1. The second kappa shape index (κ2) is 8.83. The van der Waals surface area contributed by atoms with Crippen molar-refractivity contribution in [2.45, 2.75) is 6.54 Å². The SMILES string of the molecule is CN(Cc1ccc2c(Br)c(O)ccc2c1)C(=O)c1ccc(Oc2cc(Cl)cc(Cl)c2)o1. The topological polar surface area (TPSA) is 62.9 Å². The van der Waals surface area contributed by atoms with Gasteiger partial charge in [0.15, 0.2) is 5.76 Å². The molecule has 0 fully saturated rings. The van der Waals surface area contributed by atoms with Gasteiger partial charge in [-0.05, 0) is 68.7 Å². The van der Waals surface area contributed by atoms with Gasteiger partial charge >= 0.3 is 0 Å². The molecule has 0 unspecified atom stereocenters. The number of rotatable bonds is 5. The maximum atomic E-state index is 12.8. The largest absolute Gasteiger partial charge is 0.507 e. The highest BCUT2D eigenvalue weighted by Gasteiger charge is 2.18. The third kappa shape index (κ3) is 4.82. The van der Waals surface area contributed by atoms with E-state index in [0.29, 0.717) is 26.8 Å². The van der Waals surface area contributed by atoms with Gasteiger partial charge in [-0.3, -0.25) is 4.79 Å². The predicted octanol–water partition coefficient (Wildman–Crippen LogP) is 7.27. The molecular formula is C23H16BrCl2NO4. The first-order chi connectivity index (χ1) is 14.8. The standard InChI is InChI=1S/C23H16BrCl2NO4/c1-27(12-13-2-4-18-14(8-13)3-5-19(28)22(18)24)23(29)20-6-7-21(31-20)30-17-10-15(25)9-16(26)11-17/h2-11,28H,12H2,1H3. The highest BCUT2D eigenvalue weighted by atomic mass is 79.9. The number of phenolic OH excluding ortho intramolecular Hbond substituents is 1. The minimum absolute atomic E-state index is 0.152. The van der Waals surface area contributed by atoms with E-state index >= 15 is 0 Å². The molecule has 1 heterocycles. The Balaban J connectivity index is 1.47. The normalized spacial score (nSPS) is 11.0. The molecule has 0 aliphatic carbocycles. The van der Waals surface area contributed by atoms with Crippen LogP contribution in [0.5, 0.6) is 17.4 Å². The van der Waals surface area contributed by atoms with Crippen molar-refractivity contribution >= 4 is 55.8 Å². The van der Waals surface area contributed by atoms with Crippen LogP contribution in [0, 0.1) is 0 Å². The minimum Gasteiger partial charge on any atom is -0.507 e. The van der Waals surface area contributed by atoms with E-state index in [-0.39, 0.29) is 23.4 Å². The van der Waals surface area contributed by atoms with Crippen LogP contribution in [-0.2, 0) is 6.54 Å². The quantitative estimate of drug-likeness (QED) is 0.300. The second-order valence-electron chi connectivity index (χ2n) is 6.94. The highest BCUT2D eigenvalue weighted by molar-refractivity contribution is 9.10. The molecule has 0 atom stereocenters. The Kier molecular flexibility index (Phi) is 6.14. The molecular weight excluding hydrogens is 505 g/mol. The van der Waals surface area contributed by atoms with Crippen molar-refractivity contribution in [2.24, 2.45) is 0 Å². The summed E-state index contributed by atoms with van der Waals surface area (Å²) >= 11 is 15.3. The van der Waals surface area contributed by atoms with E-state index in [2.05, 4.69) is 15.9 Å². The molecule has 0 radical (unpaired) electrons. The van der Waals surface area contributed by atoms with E-state index in [1.165, 1.54) is 0 Å². The molecule has 158 valence electrons. The van der Waals surface area contributed by atoms with E-state index in [0.717, 1.165) is 16.3 Å². The van der Waals surface area contributed by atoms with Gasteiger partial charge in [0.25, 0.3) is 11.9 Å². The maximum absolute atomic E-state index is 12.8. The number of carbonyl (C=O) groups excluding carboxylic acids is 1. The molecule has 1 N–H and O–H groups in total. The third-order valence-corrected chi connectivity index (χ3v) is 5.88. The monoisotopic (exact) mass is 519 g/mol. The summed E-state index contributed by atoms with van der Waals surface area (Å²) in [5.74, 6) is 0.617. The number of nitrogens with zero attached hydrogens (tertiary/aromatic N) is 1. The molecule has 0 saturated heterocycles. The average Bonchev–Trinajstić information content (AvgIpc) is 3.17. The lowest BCUT2D eigenvalue weighted by molar-refractivity contribution is 0.0748. The smallest absolute Gasteiger partial charge is 0.290 e. The molecule has 8 heteroatoms. The van der Waals surface area contributed by atoms with Gasteiger partial charge in [0.2, 0.25) is 0 Å². The maximum Gasteiger partial charge on any atom is 0.290 e. The van der Waals surface area contributed by atoms with Crippen LogP contribution >= 0.6 is 39.1 Å². The number of ether oxygens (including phenoxy) is 1. The predicted molar refractivity (Wildman–Crippen MR) is 124 cm³/mol. The van der Waals surface area contributed by atoms with Crippen LogP contribution < -0.4 is 4.74 Å². The van der Waals surface area contributed by atoms with E-state index in [1.54, 1.807) is 48.3 Å². The van der Waals surface area contributed by atoms with Gasteiger partial charge in [-0.25, -0.2) is 0 Å². The summed E-state index contributed by atoms with van der Waals surface area (Å²) in [6.45, 7) is 0.383. The molecule has 1 amide bonds. The molecule has 3 aromatic carbocycles. The first-order valence-electron chi connectivity index (χ1n) is 9.19. The van der Waals surface area contributed by atoms with Crippen LogP contribution in [0.15, 0.2) is 69.6 Å². The minimum atomic E-state index is -0.286. The summed E-state index contributed by atoms with van der Waals surface area (Å²) in [5.41, 5.74) is 0.942. The summed E-state index contributed by atoms with van der Waals surface area (Å²) in [6.07, 6.45) is 0. The van der Waals surface area contributed by atoms with Crippen LogP contribution in [0.3, 0.4) is 0 Å². The number of benzene rings is 3. The zero-order valence-corrected chi connectivity index (χ0v) is 19.3. The van der Waals surface area contributed by atoms with E-state index in [1.807, 2.05) is 24.3 Å². The molecule has 0 spiro atoms. The van der Waals surface area contributed by atoms with Crippen LogP contribution in [0.1, 0.15) is 16.1 Å². The Morgan fingerprint density at radius 3 is 2.55 bits per heavy atom. The first-order valence-corrected chi connectivity index (χ1v) is 10.7. The summed E-state index contributed by atoms with van der Waals surface area (Å²) < 4.78 is 11.8. The lowest BCUT2D eigenvalue weighted by Gasteiger charge is -2.16. The van der Waals surface area contributed by atoms with E-state index in [4.69, 9.17) is 32.4 Å². The first kappa shape index (κ1) is 21.6. The number of aromatic hydroxyl groups is 1. The lowest BCUT2D eigenvalue weighted by Crippen LogP contribution is -2.25. The molecule has 0 aliphatic rings. The number of hydrogen-bond acceptors (Lipinski definition) is 4. The van der Waals surface area contributed by atoms with Gasteiger partial charge in [0.05, 0.1) is 4.47 Å². The molecule has 0 bridgehead atoms. The van der Waals surface area contributed by atoms with Gasteiger partial charge in [-0.15, -0.1) is 0 Å². The molecule has 31 heavy (non-hydrogen) atoms. The Labute approximate surface area is 196 Å². The van der Waals surface area contributed by atoms with Crippen molar-refractivity contribution < 1.29 is 19.1 Å². The van der Waals surface area contributed by atoms with Crippen molar-refractivity contribution in [3.63, 3.8) is 0 Å². The number of carbonyl (C=O) groups is 1. The van der Waals surface area contributed by atoms with Crippen LogP contribution in [0.25, 0.3) is 10.8 Å². The Bertz CT molecular complexity index is 1270. The van der Waals surface area contributed by atoms with Crippen molar-refractivity contribution in [1.82, 2.24) is 4.90 Å². The van der Waals surface area contributed by atoms with Crippen molar-refractivity contribution in [2.75, 3.05) is 7.05 Å². The van der Waals surface area contributed by atoms with Crippen molar-refractivity contribution in [1.29, 1.82) is 0 Å². The van der Waals surface area contributed by atoms with Gasteiger partial charge in [-0.2, -0.15) is 0 Å². The van der Waals surface area contributed by atoms with Crippen molar-refractivity contribution in [3.8, 4) is 17.4 Å². The van der Waals surface area contributed by atoms with E-state index in [9.17, 15) is 9.90 Å². The molecule has 0 saturated carbocycles. The molecule has 5 nitrogen and oxygen atoms in total. The fraction of sp³-hybridized carbons (Fsp3) is 0.0870. The average molecular weight is 521 g/mol. The summed E-state index contributed by atoms with van der Waals surface area (Å²) in [6, 6.07) is 17.2. The molecule has 4 rings (SSSR count). The van der Waals surface area contributed by atoms with Gasteiger partial charge < -0.3 is 19.2 Å². The zero-order valence-electron chi connectivity index (χ0n) is 16.2. The third-order valence-electron chi connectivity index (χ3n) is 4.61. The molecule has 1 aromatic heterocycles. The lowest BCUT2D eigenvalue weighted by atomic mass is 10.1. The Hall–Kier alpha value is -2.67. The van der Waals surface area contributed by atoms with Gasteiger partial charge in [-0.1, -0.05) is 41.4 Å². The molecule has 0 aliphatic heterocycles. The van der Waals surface area contributed by atoms with E-state index < -0.39 is 0 Å². The van der Waals surface area contributed by atoms with Gasteiger partial charge in [0, 0.05) is 29.7 Å². The van der Waals surface area contributed by atoms with Crippen molar-refractivity contribution in [3.05, 3.63) is 86.5 Å². The Morgan fingerprint density at radius 2 is 1.81 bits per heavy atom. The number of amides is 1. The Morgan fingerprint density at radius 1 is 1.06 bits per heavy atom. The summed E-state index contributed by atoms with van der Waals surface area (Å²) in [5, 5.41) is 12.5. The van der Waals surface area contributed by atoms with Gasteiger partial charge in [0.1, 0.15) is 11.5 Å². The van der Waals surface area contributed by atoms with Crippen LogP contribution in [0.4, 0.5) is 0 Å². The second-order valence-corrected chi connectivity index (χ2v) is 8.61. The fourth-order valence-electron chi connectivity index (χ4n) is 3.16. The number of hydrogen-bond donors (Lipinski definition) is 1. The summed E-state index contributed by atoms with van der Waals surface area (Å²) in [7, 11) is 1.69.